The maximum absolute atomic E-state index is 12.8. The van der Waals surface area contributed by atoms with Crippen molar-refractivity contribution in [1.29, 1.82) is 0 Å². The van der Waals surface area contributed by atoms with Crippen molar-refractivity contribution in [3.63, 3.8) is 0 Å². The maximum Gasteiger partial charge on any atom is 0.236 e. The third-order valence-electron chi connectivity index (χ3n) is 4.72. The topological polar surface area (TPSA) is 54.3 Å². The summed E-state index contributed by atoms with van der Waals surface area (Å²) in [5.74, 6) is 0.298. The number of nitrogens with zero attached hydrogens (tertiary/aromatic N) is 5. The van der Waals surface area contributed by atoms with Crippen LogP contribution in [-0.4, -0.2) is 68.4 Å². The number of benzene rings is 1. The van der Waals surface area contributed by atoms with Crippen molar-refractivity contribution in [3.8, 4) is 0 Å². The smallest absolute Gasteiger partial charge is 0.236 e. The number of carbonyl (C=O) groups is 1. The lowest BCUT2D eigenvalue weighted by molar-refractivity contribution is -0.132. The second-order valence-corrected chi connectivity index (χ2v) is 7.49. The fourth-order valence-electron chi connectivity index (χ4n) is 3.31. The highest BCUT2D eigenvalue weighted by Gasteiger charge is 2.32. The van der Waals surface area contributed by atoms with E-state index in [1.807, 2.05) is 15.6 Å². The van der Waals surface area contributed by atoms with Crippen LogP contribution in [0.5, 0.6) is 0 Å². The first kappa shape index (κ1) is 15.7. The molecule has 1 amide bonds. The van der Waals surface area contributed by atoms with Gasteiger partial charge in [-0.15, -0.1) is 11.8 Å². The zero-order valence-electron chi connectivity index (χ0n) is 13.5. The van der Waals surface area contributed by atoms with Gasteiger partial charge in [0.1, 0.15) is 12.7 Å². The van der Waals surface area contributed by atoms with Gasteiger partial charge in [-0.3, -0.25) is 14.4 Å². The van der Waals surface area contributed by atoms with Gasteiger partial charge in [-0.1, -0.05) is 18.2 Å². The van der Waals surface area contributed by atoms with E-state index in [0.717, 1.165) is 45.7 Å². The normalized spacial score (nSPS) is 21.0. The summed E-state index contributed by atoms with van der Waals surface area (Å²) in [5.41, 5.74) is 1.31. The number of piperazine rings is 1. The summed E-state index contributed by atoms with van der Waals surface area (Å²) in [7, 11) is 0. The fraction of sp³-hybridized carbons (Fsp3) is 0.471. The van der Waals surface area contributed by atoms with Crippen LogP contribution in [0, 0.1) is 0 Å². The van der Waals surface area contributed by atoms with Crippen LogP contribution in [0.3, 0.4) is 0 Å². The van der Waals surface area contributed by atoms with Gasteiger partial charge in [0.25, 0.3) is 0 Å². The Hall–Kier alpha value is -1.86. The predicted octanol–water partition coefficient (Wildman–Crippen LogP) is 1.14. The van der Waals surface area contributed by atoms with Gasteiger partial charge in [-0.05, 0) is 18.1 Å². The molecule has 0 aliphatic carbocycles. The number of amides is 1. The highest BCUT2D eigenvalue weighted by atomic mass is 32.2. The second-order valence-electron chi connectivity index (χ2n) is 6.24. The lowest BCUT2D eigenvalue weighted by Crippen LogP contribution is -2.51. The Kier molecular flexibility index (Phi) is 4.53. The molecule has 0 radical (unpaired) electrons. The van der Waals surface area contributed by atoms with Crippen LogP contribution < -0.4 is 0 Å². The zero-order valence-corrected chi connectivity index (χ0v) is 14.4. The van der Waals surface area contributed by atoms with E-state index < -0.39 is 0 Å². The molecule has 2 aromatic rings. The number of aromatic nitrogens is 3. The molecule has 0 bridgehead atoms. The van der Waals surface area contributed by atoms with Crippen LogP contribution in [0.25, 0.3) is 0 Å². The van der Waals surface area contributed by atoms with E-state index in [1.54, 1.807) is 24.4 Å². The number of hydrogen-bond acceptors (Lipinski definition) is 5. The van der Waals surface area contributed by atoms with Gasteiger partial charge in [0, 0.05) is 37.6 Å². The summed E-state index contributed by atoms with van der Waals surface area (Å²) >= 11 is 1.72. The molecule has 1 atom stereocenters. The van der Waals surface area contributed by atoms with Gasteiger partial charge < -0.3 is 4.90 Å². The Morgan fingerprint density at radius 3 is 2.75 bits per heavy atom. The molecular weight excluding hydrogens is 322 g/mol. The van der Waals surface area contributed by atoms with Crippen LogP contribution >= 0.6 is 11.8 Å². The highest BCUT2D eigenvalue weighted by molar-refractivity contribution is 8.01. The molecule has 0 spiro atoms. The van der Waals surface area contributed by atoms with Crippen molar-refractivity contribution in [3.05, 3.63) is 42.5 Å². The molecule has 1 fully saturated rings. The SMILES string of the molecule is O=C([C@H]1Cc2ccccc2S1)N1CCN(CCn2cncn2)CC1. The molecule has 0 unspecified atom stereocenters. The molecule has 0 saturated carbocycles. The Bertz CT molecular complexity index is 672. The van der Waals surface area contributed by atoms with Crippen LogP contribution in [0.15, 0.2) is 41.8 Å². The summed E-state index contributed by atoms with van der Waals surface area (Å²) in [6.07, 6.45) is 4.18. The van der Waals surface area contributed by atoms with E-state index in [4.69, 9.17) is 0 Å². The lowest BCUT2D eigenvalue weighted by Gasteiger charge is -2.35. The third kappa shape index (κ3) is 3.32. The van der Waals surface area contributed by atoms with Gasteiger partial charge in [0.15, 0.2) is 0 Å². The van der Waals surface area contributed by atoms with Crippen molar-refractivity contribution in [2.75, 3.05) is 32.7 Å². The molecule has 2 aliphatic heterocycles. The van der Waals surface area contributed by atoms with Gasteiger partial charge in [0.2, 0.25) is 5.91 Å². The average molecular weight is 343 g/mol. The molecule has 126 valence electrons. The minimum Gasteiger partial charge on any atom is -0.339 e. The second kappa shape index (κ2) is 6.94. The van der Waals surface area contributed by atoms with E-state index in [0.29, 0.717) is 5.91 Å². The Labute approximate surface area is 145 Å². The zero-order chi connectivity index (χ0) is 16.4. The first-order valence-electron chi connectivity index (χ1n) is 8.38. The fourth-order valence-corrected chi connectivity index (χ4v) is 4.59. The van der Waals surface area contributed by atoms with E-state index >= 15 is 0 Å². The monoisotopic (exact) mass is 343 g/mol. The number of hydrogen-bond donors (Lipinski definition) is 0. The Morgan fingerprint density at radius 2 is 2.00 bits per heavy atom. The van der Waals surface area contributed by atoms with E-state index in [2.05, 4.69) is 33.2 Å². The van der Waals surface area contributed by atoms with Crippen molar-refractivity contribution in [1.82, 2.24) is 24.6 Å². The van der Waals surface area contributed by atoms with Gasteiger partial charge in [-0.25, -0.2) is 4.98 Å². The first-order chi connectivity index (χ1) is 11.8. The van der Waals surface area contributed by atoms with Crippen LogP contribution in [0.4, 0.5) is 0 Å². The van der Waals surface area contributed by atoms with Crippen LogP contribution in [0.1, 0.15) is 5.56 Å². The van der Waals surface area contributed by atoms with Gasteiger partial charge in [0.05, 0.1) is 11.8 Å². The first-order valence-corrected chi connectivity index (χ1v) is 9.26. The maximum atomic E-state index is 12.8. The molecule has 1 aromatic carbocycles. The summed E-state index contributed by atoms with van der Waals surface area (Å²) in [6, 6.07) is 8.36. The number of rotatable bonds is 4. The summed E-state index contributed by atoms with van der Waals surface area (Å²) in [5, 5.41) is 4.19. The van der Waals surface area contributed by atoms with Crippen molar-refractivity contribution >= 4 is 17.7 Å². The predicted molar refractivity (Wildman–Crippen MR) is 92.8 cm³/mol. The van der Waals surface area contributed by atoms with E-state index in [9.17, 15) is 4.79 Å². The lowest BCUT2D eigenvalue weighted by atomic mass is 10.1. The van der Waals surface area contributed by atoms with Crippen molar-refractivity contribution < 1.29 is 4.79 Å². The van der Waals surface area contributed by atoms with Gasteiger partial charge >= 0.3 is 0 Å². The molecular formula is C17H21N5OS. The summed E-state index contributed by atoms with van der Waals surface area (Å²) in [6.45, 7) is 5.32. The average Bonchev–Trinajstić information content (AvgIpc) is 3.29. The van der Waals surface area contributed by atoms with E-state index in [-0.39, 0.29) is 5.25 Å². The highest BCUT2D eigenvalue weighted by Crippen LogP contribution is 2.37. The molecule has 0 N–H and O–H groups in total. The van der Waals surface area contributed by atoms with Crippen molar-refractivity contribution in [2.24, 2.45) is 0 Å². The number of fused-ring (bicyclic) bond motifs is 1. The molecule has 3 heterocycles. The molecule has 6 nitrogen and oxygen atoms in total. The standard InChI is InChI=1S/C17H21N5OS/c23-17(16-11-14-3-1-2-4-15(14)24-16)21-8-5-20(6-9-21)7-10-22-13-18-12-19-22/h1-4,12-13,16H,5-11H2/t16-/m1/s1. The summed E-state index contributed by atoms with van der Waals surface area (Å²) < 4.78 is 1.85. The molecule has 4 rings (SSSR count). The third-order valence-corrected chi connectivity index (χ3v) is 6.02. The van der Waals surface area contributed by atoms with Crippen LogP contribution in [-0.2, 0) is 17.8 Å². The molecule has 7 heteroatoms. The summed E-state index contributed by atoms with van der Waals surface area (Å²) in [4.78, 5) is 22.4. The molecule has 2 aliphatic rings. The van der Waals surface area contributed by atoms with Crippen molar-refractivity contribution in [2.45, 2.75) is 23.1 Å². The molecule has 1 saturated heterocycles. The minimum absolute atomic E-state index is 0.0594. The Balaban J connectivity index is 1.26. The van der Waals surface area contributed by atoms with Gasteiger partial charge in [-0.2, -0.15) is 5.10 Å². The number of thioether (sulfide) groups is 1. The minimum atomic E-state index is 0.0594. The molecule has 1 aromatic heterocycles. The van der Waals surface area contributed by atoms with E-state index in [1.165, 1.54) is 10.5 Å². The van der Waals surface area contributed by atoms with Crippen LogP contribution in [0.2, 0.25) is 0 Å². The Morgan fingerprint density at radius 1 is 1.17 bits per heavy atom. The largest absolute Gasteiger partial charge is 0.339 e. The quantitative estimate of drug-likeness (QED) is 0.833. The number of carbonyl (C=O) groups excluding carboxylic acids is 1. The molecule has 24 heavy (non-hydrogen) atoms.